The molecule has 0 unspecified atom stereocenters. The van der Waals surface area contributed by atoms with Crippen LogP contribution in [0.4, 0.5) is 5.69 Å². The second-order valence-corrected chi connectivity index (χ2v) is 7.10. The van der Waals surface area contributed by atoms with Gasteiger partial charge in [-0.3, -0.25) is 4.79 Å². The van der Waals surface area contributed by atoms with Crippen LogP contribution >= 0.6 is 0 Å². The molecule has 0 aliphatic carbocycles. The molecule has 1 aromatic heterocycles. The predicted molar refractivity (Wildman–Crippen MR) is 112 cm³/mol. The molecule has 1 N–H and O–H groups in total. The number of hydrogen-bond acceptors (Lipinski definition) is 4. The Kier molecular flexibility index (Phi) is 5.82. The maximum absolute atomic E-state index is 12.8. The van der Waals surface area contributed by atoms with Gasteiger partial charge in [-0.1, -0.05) is 36.4 Å². The van der Waals surface area contributed by atoms with E-state index in [0.717, 1.165) is 22.5 Å². The zero-order valence-corrected chi connectivity index (χ0v) is 17.3. The van der Waals surface area contributed by atoms with Crippen molar-refractivity contribution in [1.82, 2.24) is 9.78 Å². The van der Waals surface area contributed by atoms with Crippen molar-refractivity contribution >= 4 is 17.6 Å². The highest BCUT2D eigenvalue weighted by atomic mass is 16.5. The van der Waals surface area contributed by atoms with Crippen molar-refractivity contribution in [2.24, 2.45) is 0 Å². The molecule has 0 fully saturated rings. The molecule has 150 valence electrons. The summed E-state index contributed by atoms with van der Waals surface area (Å²) in [4.78, 5) is 25.3. The number of aromatic nitrogens is 2. The summed E-state index contributed by atoms with van der Waals surface area (Å²) in [6, 6.07) is 15.3. The summed E-state index contributed by atoms with van der Waals surface area (Å²) in [5.41, 5.74) is 5.10. The van der Waals surface area contributed by atoms with Crippen molar-refractivity contribution in [3.05, 3.63) is 76.6 Å². The van der Waals surface area contributed by atoms with Crippen LogP contribution in [-0.2, 0) is 9.53 Å². The minimum atomic E-state index is -0.944. The summed E-state index contributed by atoms with van der Waals surface area (Å²) >= 11 is 0. The molecular weight excluding hydrogens is 366 g/mol. The number of rotatable bonds is 5. The summed E-state index contributed by atoms with van der Waals surface area (Å²) in [5, 5.41) is 7.32. The Morgan fingerprint density at radius 3 is 2.21 bits per heavy atom. The maximum atomic E-state index is 12.8. The molecule has 1 heterocycles. The van der Waals surface area contributed by atoms with Crippen LogP contribution in [0.3, 0.4) is 0 Å². The third kappa shape index (κ3) is 4.21. The van der Waals surface area contributed by atoms with Crippen molar-refractivity contribution < 1.29 is 14.3 Å². The highest BCUT2D eigenvalue weighted by Crippen LogP contribution is 2.21. The number of esters is 1. The van der Waals surface area contributed by atoms with Crippen LogP contribution in [0.15, 0.2) is 48.5 Å². The number of carbonyl (C=O) groups is 2. The molecule has 0 saturated carbocycles. The van der Waals surface area contributed by atoms with E-state index in [9.17, 15) is 9.59 Å². The zero-order valence-electron chi connectivity index (χ0n) is 17.3. The summed E-state index contributed by atoms with van der Waals surface area (Å²) in [7, 11) is 0. The van der Waals surface area contributed by atoms with E-state index in [2.05, 4.69) is 10.4 Å². The van der Waals surface area contributed by atoms with E-state index in [1.54, 1.807) is 18.5 Å². The molecular formula is C23H25N3O3. The van der Waals surface area contributed by atoms with Crippen LogP contribution in [-0.4, -0.2) is 27.8 Å². The van der Waals surface area contributed by atoms with Gasteiger partial charge >= 0.3 is 5.97 Å². The fraction of sp³-hybridized carbons (Fsp3) is 0.261. The zero-order chi connectivity index (χ0) is 21.1. The molecule has 0 bridgehead atoms. The number of hydrogen-bond donors (Lipinski definition) is 1. The number of nitrogens with one attached hydrogen (secondary N) is 1. The van der Waals surface area contributed by atoms with E-state index in [4.69, 9.17) is 4.74 Å². The predicted octanol–water partition coefficient (Wildman–Crippen LogP) is 4.29. The van der Waals surface area contributed by atoms with Crippen LogP contribution in [0.1, 0.15) is 39.8 Å². The van der Waals surface area contributed by atoms with Gasteiger partial charge in [-0.25, -0.2) is 9.48 Å². The number of carbonyl (C=O) groups excluding carboxylic acids is 2. The molecule has 2 aromatic carbocycles. The quantitative estimate of drug-likeness (QED) is 0.659. The van der Waals surface area contributed by atoms with E-state index in [-0.39, 0.29) is 5.91 Å². The molecule has 1 atom stereocenters. The van der Waals surface area contributed by atoms with Crippen molar-refractivity contribution in [3.8, 4) is 5.69 Å². The number of ether oxygens (including phenoxy) is 1. The first-order valence-corrected chi connectivity index (χ1v) is 9.49. The lowest BCUT2D eigenvalue weighted by atomic mass is 10.1. The maximum Gasteiger partial charge on any atom is 0.342 e. The Balaban J connectivity index is 1.76. The van der Waals surface area contributed by atoms with E-state index >= 15 is 0 Å². The summed E-state index contributed by atoms with van der Waals surface area (Å²) < 4.78 is 7.16. The lowest BCUT2D eigenvalue weighted by Crippen LogP contribution is -2.30. The van der Waals surface area contributed by atoms with Gasteiger partial charge in [0, 0.05) is 5.69 Å². The number of para-hydroxylation sites is 2. The Morgan fingerprint density at radius 1 is 0.966 bits per heavy atom. The van der Waals surface area contributed by atoms with Gasteiger partial charge in [0.05, 0.1) is 17.1 Å². The number of nitrogens with zero attached hydrogens (tertiary/aromatic N) is 2. The summed E-state index contributed by atoms with van der Waals surface area (Å²) in [6.45, 7) is 8.97. The minimum Gasteiger partial charge on any atom is -0.449 e. The van der Waals surface area contributed by atoms with Crippen molar-refractivity contribution in [2.75, 3.05) is 5.32 Å². The summed E-state index contributed by atoms with van der Waals surface area (Å²) in [5.74, 6) is -0.937. The SMILES string of the molecule is Cc1cccc(C)c1NC(=O)[C@@H](C)OC(=O)c1c(C)nn(-c2ccccc2)c1C. The first kappa shape index (κ1) is 20.3. The molecule has 0 radical (unpaired) electrons. The first-order chi connectivity index (χ1) is 13.8. The topological polar surface area (TPSA) is 73.2 Å². The van der Waals surface area contributed by atoms with Gasteiger partial charge in [0.15, 0.2) is 6.10 Å². The van der Waals surface area contributed by atoms with Crippen molar-refractivity contribution in [3.63, 3.8) is 0 Å². The van der Waals surface area contributed by atoms with Gasteiger partial charge in [0.1, 0.15) is 5.56 Å². The van der Waals surface area contributed by atoms with Crippen molar-refractivity contribution in [1.29, 1.82) is 0 Å². The van der Waals surface area contributed by atoms with Gasteiger partial charge < -0.3 is 10.1 Å². The van der Waals surface area contributed by atoms with Gasteiger partial charge in [-0.05, 0) is 57.9 Å². The van der Waals surface area contributed by atoms with Gasteiger partial charge in [0.2, 0.25) is 0 Å². The molecule has 3 aromatic rings. The fourth-order valence-corrected chi connectivity index (χ4v) is 3.27. The minimum absolute atomic E-state index is 0.374. The molecule has 6 nitrogen and oxygen atoms in total. The molecule has 1 amide bonds. The van der Waals surface area contributed by atoms with Crippen LogP contribution in [0, 0.1) is 27.7 Å². The Bertz CT molecular complexity index is 1030. The van der Waals surface area contributed by atoms with E-state index in [0.29, 0.717) is 17.0 Å². The first-order valence-electron chi connectivity index (χ1n) is 9.49. The van der Waals surface area contributed by atoms with Gasteiger partial charge in [-0.15, -0.1) is 0 Å². The lowest BCUT2D eigenvalue weighted by molar-refractivity contribution is -0.123. The smallest absolute Gasteiger partial charge is 0.342 e. The second-order valence-electron chi connectivity index (χ2n) is 7.10. The second kappa shape index (κ2) is 8.31. The lowest BCUT2D eigenvalue weighted by Gasteiger charge is -2.16. The third-order valence-corrected chi connectivity index (χ3v) is 4.88. The highest BCUT2D eigenvalue weighted by molar-refractivity contribution is 5.98. The molecule has 0 spiro atoms. The molecule has 0 aliphatic heterocycles. The Hall–Kier alpha value is -3.41. The molecule has 0 aliphatic rings. The number of benzene rings is 2. The highest BCUT2D eigenvalue weighted by Gasteiger charge is 2.25. The average molecular weight is 391 g/mol. The van der Waals surface area contributed by atoms with Crippen molar-refractivity contribution in [2.45, 2.75) is 40.7 Å². The standard InChI is InChI=1S/C23H25N3O3/c1-14-10-9-11-15(2)21(14)24-22(27)18(5)29-23(28)20-16(3)25-26(17(20)4)19-12-7-6-8-13-19/h6-13,18H,1-5H3,(H,24,27)/t18-/m1/s1. The molecule has 3 rings (SSSR count). The normalized spacial score (nSPS) is 11.8. The van der Waals surface area contributed by atoms with Crippen LogP contribution in [0.5, 0.6) is 0 Å². The van der Waals surface area contributed by atoms with Gasteiger partial charge in [-0.2, -0.15) is 5.10 Å². The van der Waals surface area contributed by atoms with Crippen LogP contribution in [0.25, 0.3) is 5.69 Å². The Morgan fingerprint density at radius 2 is 1.59 bits per heavy atom. The van der Waals surface area contributed by atoms with Crippen LogP contribution in [0.2, 0.25) is 0 Å². The molecule has 0 saturated heterocycles. The Labute approximate surface area is 170 Å². The summed E-state index contributed by atoms with van der Waals surface area (Å²) in [6.07, 6.45) is -0.944. The fourth-order valence-electron chi connectivity index (χ4n) is 3.27. The largest absolute Gasteiger partial charge is 0.449 e. The number of amides is 1. The monoisotopic (exact) mass is 391 g/mol. The van der Waals surface area contributed by atoms with E-state index < -0.39 is 12.1 Å². The molecule has 29 heavy (non-hydrogen) atoms. The number of anilines is 1. The average Bonchev–Trinajstić information content (AvgIpc) is 2.99. The molecule has 6 heteroatoms. The van der Waals surface area contributed by atoms with Gasteiger partial charge in [0.25, 0.3) is 5.91 Å². The number of aryl methyl sites for hydroxylation is 3. The van der Waals surface area contributed by atoms with E-state index in [1.807, 2.05) is 69.3 Å². The van der Waals surface area contributed by atoms with Crippen LogP contribution < -0.4 is 5.32 Å². The van der Waals surface area contributed by atoms with E-state index in [1.165, 1.54) is 0 Å². The third-order valence-electron chi connectivity index (χ3n) is 4.88.